The van der Waals surface area contributed by atoms with Crippen LogP contribution in [0.5, 0.6) is 0 Å². The molecule has 0 fully saturated rings. The number of Topliss-reactive ketones (excluding diaryl/α,β-unsaturated/α-hetero) is 2. The number of ether oxygens (including phenoxy) is 1. The molecule has 1 N–H and O–H groups in total. The standard InChI is InChI=1S/C22H20FNO4/c1-13-21(17-5-3-4-6-18(17)24-13)22(27)14(2)28-20(26)12-11-19(25)15-7-9-16(23)10-8-15/h3-10,14,24H,11-12H2,1-2H3. The molecule has 2 aromatic carbocycles. The number of hydrogen-bond acceptors (Lipinski definition) is 4. The molecule has 0 saturated heterocycles. The molecule has 3 aromatic rings. The summed E-state index contributed by atoms with van der Waals surface area (Å²) in [4.78, 5) is 40.0. The number of aryl methyl sites for hydroxylation is 1. The Hall–Kier alpha value is -3.28. The van der Waals surface area contributed by atoms with Gasteiger partial charge in [-0.25, -0.2) is 4.39 Å². The number of para-hydroxylation sites is 1. The Morgan fingerprint density at radius 1 is 1.04 bits per heavy atom. The lowest BCUT2D eigenvalue weighted by molar-refractivity contribution is -0.146. The van der Waals surface area contributed by atoms with Gasteiger partial charge in [0.15, 0.2) is 11.9 Å². The fraction of sp³-hybridized carbons (Fsp3) is 0.227. The third-order valence-electron chi connectivity index (χ3n) is 4.54. The first-order chi connectivity index (χ1) is 13.4. The number of aromatic nitrogens is 1. The fourth-order valence-electron chi connectivity index (χ4n) is 3.10. The number of benzene rings is 2. The van der Waals surface area contributed by atoms with E-state index in [4.69, 9.17) is 4.74 Å². The molecule has 28 heavy (non-hydrogen) atoms. The predicted molar refractivity (Wildman–Crippen MR) is 103 cm³/mol. The van der Waals surface area contributed by atoms with Crippen LogP contribution in [0.2, 0.25) is 0 Å². The SMILES string of the molecule is Cc1[nH]c2ccccc2c1C(=O)C(C)OC(=O)CCC(=O)c1ccc(F)cc1. The molecule has 0 aliphatic carbocycles. The number of hydrogen-bond donors (Lipinski definition) is 1. The molecule has 0 spiro atoms. The molecular formula is C22H20FNO4. The third-order valence-corrected chi connectivity index (χ3v) is 4.54. The van der Waals surface area contributed by atoms with Crippen molar-refractivity contribution in [1.82, 2.24) is 4.98 Å². The maximum atomic E-state index is 12.9. The molecule has 1 heterocycles. The first-order valence-corrected chi connectivity index (χ1v) is 8.96. The van der Waals surface area contributed by atoms with Crippen molar-refractivity contribution in [1.29, 1.82) is 0 Å². The molecule has 0 amide bonds. The Morgan fingerprint density at radius 3 is 2.43 bits per heavy atom. The number of aromatic amines is 1. The number of halogens is 1. The molecule has 1 atom stereocenters. The van der Waals surface area contributed by atoms with Gasteiger partial charge in [-0.3, -0.25) is 14.4 Å². The van der Waals surface area contributed by atoms with Crippen LogP contribution in [0.1, 0.15) is 46.2 Å². The highest BCUT2D eigenvalue weighted by molar-refractivity contribution is 6.11. The summed E-state index contributed by atoms with van der Waals surface area (Å²) < 4.78 is 18.1. The van der Waals surface area contributed by atoms with Gasteiger partial charge in [-0.15, -0.1) is 0 Å². The van der Waals surface area contributed by atoms with Gasteiger partial charge in [-0.2, -0.15) is 0 Å². The summed E-state index contributed by atoms with van der Waals surface area (Å²) >= 11 is 0. The third kappa shape index (κ3) is 4.17. The van der Waals surface area contributed by atoms with Gasteiger partial charge in [0.1, 0.15) is 5.82 Å². The van der Waals surface area contributed by atoms with Crippen molar-refractivity contribution in [2.45, 2.75) is 32.8 Å². The molecule has 144 valence electrons. The van der Waals surface area contributed by atoms with Crippen LogP contribution in [0.25, 0.3) is 10.9 Å². The van der Waals surface area contributed by atoms with Crippen molar-refractivity contribution in [3.8, 4) is 0 Å². The highest BCUT2D eigenvalue weighted by Crippen LogP contribution is 2.24. The first kappa shape index (κ1) is 19.5. The van der Waals surface area contributed by atoms with E-state index in [0.717, 1.165) is 10.9 Å². The second-order valence-corrected chi connectivity index (χ2v) is 6.60. The van der Waals surface area contributed by atoms with Crippen molar-refractivity contribution >= 4 is 28.4 Å². The Kier molecular flexibility index (Phi) is 5.68. The predicted octanol–water partition coefficient (Wildman–Crippen LogP) is 4.39. The number of carbonyl (C=O) groups is 3. The summed E-state index contributed by atoms with van der Waals surface area (Å²) in [5.74, 6) is -1.65. The smallest absolute Gasteiger partial charge is 0.306 e. The van der Waals surface area contributed by atoms with E-state index in [9.17, 15) is 18.8 Å². The van der Waals surface area contributed by atoms with Crippen LogP contribution in [0.4, 0.5) is 4.39 Å². The average Bonchev–Trinajstić information content (AvgIpc) is 3.01. The topological polar surface area (TPSA) is 76.2 Å². The van der Waals surface area contributed by atoms with Gasteiger partial charge in [0.2, 0.25) is 5.78 Å². The van der Waals surface area contributed by atoms with Gasteiger partial charge < -0.3 is 9.72 Å². The van der Waals surface area contributed by atoms with E-state index in [2.05, 4.69) is 4.98 Å². The zero-order chi connectivity index (χ0) is 20.3. The number of esters is 1. The molecule has 0 aliphatic rings. The van der Waals surface area contributed by atoms with E-state index >= 15 is 0 Å². The number of carbonyl (C=O) groups excluding carboxylic acids is 3. The van der Waals surface area contributed by atoms with Crippen LogP contribution in [0.15, 0.2) is 48.5 Å². The lowest BCUT2D eigenvalue weighted by atomic mass is 10.0. The first-order valence-electron chi connectivity index (χ1n) is 8.96. The molecule has 5 nitrogen and oxygen atoms in total. The minimum atomic E-state index is -0.966. The Balaban J connectivity index is 1.60. The zero-order valence-electron chi connectivity index (χ0n) is 15.6. The lowest BCUT2D eigenvalue weighted by Gasteiger charge is -2.12. The van der Waals surface area contributed by atoms with E-state index in [1.165, 1.54) is 31.2 Å². The monoisotopic (exact) mass is 381 g/mol. The lowest BCUT2D eigenvalue weighted by Crippen LogP contribution is -2.25. The maximum absolute atomic E-state index is 12.9. The fourth-order valence-corrected chi connectivity index (χ4v) is 3.10. The molecule has 3 rings (SSSR count). The molecular weight excluding hydrogens is 361 g/mol. The molecule has 6 heteroatoms. The van der Waals surface area contributed by atoms with E-state index in [-0.39, 0.29) is 24.4 Å². The molecule has 0 aliphatic heterocycles. The van der Waals surface area contributed by atoms with Crippen LogP contribution >= 0.6 is 0 Å². The van der Waals surface area contributed by atoms with Crippen molar-refractivity contribution in [3.63, 3.8) is 0 Å². The van der Waals surface area contributed by atoms with E-state index in [1.807, 2.05) is 24.3 Å². The molecule has 0 bridgehead atoms. The van der Waals surface area contributed by atoms with Crippen LogP contribution in [-0.4, -0.2) is 28.6 Å². The average molecular weight is 381 g/mol. The number of ketones is 2. The Labute approximate surface area is 161 Å². The van der Waals surface area contributed by atoms with E-state index in [0.29, 0.717) is 16.8 Å². The largest absolute Gasteiger partial charge is 0.454 e. The van der Waals surface area contributed by atoms with Gasteiger partial charge in [-0.05, 0) is 44.2 Å². The summed E-state index contributed by atoms with van der Waals surface area (Å²) in [5, 5.41) is 0.777. The summed E-state index contributed by atoms with van der Waals surface area (Å²) in [6.07, 6.45) is -1.19. The molecule has 1 unspecified atom stereocenters. The summed E-state index contributed by atoms with van der Waals surface area (Å²) in [5.41, 5.74) is 2.37. The summed E-state index contributed by atoms with van der Waals surface area (Å²) in [6.45, 7) is 3.31. The molecule has 0 radical (unpaired) electrons. The molecule has 0 saturated carbocycles. The Morgan fingerprint density at radius 2 is 1.71 bits per heavy atom. The summed E-state index contributed by atoms with van der Waals surface area (Å²) in [7, 11) is 0. The maximum Gasteiger partial charge on any atom is 0.306 e. The number of nitrogens with one attached hydrogen (secondary N) is 1. The normalized spacial score (nSPS) is 12.0. The van der Waals surface area contributed by atoms with Crippen LogP contribution in [0.3, 0.4) is 0 Å². The second-order valence-electron chi connectivity index (χ2n) is 6.60. The van der Waals surface area contributed by atoms with Gasteiger partial charge >= 0.3 is 5.97 Å². The van der Waals surface area contributed by atoms with Crippen molar-refractivity contribution < 1.29 is 23.5 Å². The number of rotatable bonds is 7. The van der Waals surface area contributed by atoms with Crippen LogP contribution < -0.4 is 0 Å². The van der Waals surface area contributed by atoms with Crippen molar-refractivity contribution in [3.05, 3.63) is 71.2 Å². The molecule has 1 aromatic heterocycles. The van der Waals surface area contributed by atoms with E-state index in [1.54, 1.807) is 6.92 Å². The minimum absolute atomic E-state index is 0.0719. The van der Waals surface area contributed by atoms with Crippen molar-refractivity contribution in [2.24, 2.45) is 0 Å². The second kappa shape index (κ2) is 8.17. The Bertz CT molecular complexity index is 1040. The van der Waals surface area contributed by atoms with Crippen molar-refractivity contribution in [2.75, 3.05) is 0 Å². The van der Waals surface area contributed by atoms with Gasteiger partial charge in [0.05, 0.1) is 6.42 Å². The van der Waals surface area contributed by atoms with Crippen LogP contribution in [-0.2, 0) is 9.53 Å². The number of fused-ring (bicyclic) bond motifs is 1. The minimum Gasteiger partial charge on any atom is -0.454 e. The zero-order valence-corrected chi connectivity index (χ0v) is 15.6. The quantitative estimate of drug-likeness (QED) is 0.486. The van der Waals surface area contributed by atoms with Gasteiger partial charge in [0, 0.05) is 34.1 Å². The highest BCUT2D eigenvalue weighted by Gasteiger charge is 2.24. The van der Waals surface area contributed by atoms with E-state index < -0.39 is 17.9 Å². The van der Waals surface area contributed by atoms with Crippen LogP contribution in [0, 0.1) is 12.7 Å². The highest BCUT2D eigenvalue weighted by atomic mass is 19.1. The van der Waals surface area contributed by atoms with Gasteiger partial charge in [-0.1, -0.05) is 18.2 Å². The summed E-state index contributed by atoms with van der Waals surface area (Å²) in [6, 6.07) is 12.5. The van der Waals surface area contributed by atoms with Gasteiger partial charge in [0.25, 0.3) is 0 Å². The number of H-pyrrole nitrogens is 1.